The van der Waals surface area contributed by atoms with Gasteiger partial charge in [0.05, 0.1) is 18.0 Å². The largest absolute Gasteiger partial charge is 0.492 e. The Labute approximate surface area is 169 Å². The topological polar surface area (TPSA) is 115 Å². The van der Waals surface area contributed by atoms with E-state index in [-0.39, 0.29) is 18.2 Å². The summed E-state index contributed by atoms with van der Waals surface area (Å²) in [7, 11) is -3.14. The summed E-state index contributed by atoms with van der Waals surface area (Å²) in [6.07, 6.45) is 3.00. The molecule has 0 bridgehead atoms. The molecule has 0 atom stereocenters. The van der Waals surface area contributed by atoms with Gasteiger partial charge in [0, 0.05) is 24.6 Å². The number of aromatic nitrogens is 3. The van der Waals surface area contributed by atoms with E-state index in [9.17, 15) is 13.2 Å². The minimum Gasteiger partial charge on any atom is -0.492 e. The lowest BCUT2D eigenvalue weighted by molar-refractivity contribution is 0.0955. The first kappa shape index (κ1) is 20.6. The van der Waals surface area contributed by atoms with Crippen molar-refractivity contribution in [3.05, 3.63) is 47.7 Å². The van der Waals surface area contributed by atoms with Gasteiger partial charge in [-0.2, -0.15) is 4.98 Å². The van der Waals surface area contributed by atoms with Crippen LogP contribution in [0.5, 0.6) is 5.75 Å². The lowest BCUT2D eigenvalue weighted by Crippen LogP contribution is -2.28. The molecule has 0 fully saturated rings. The van der Waals surface area contributed by atoms with E-state index in [0.29, 0.717) is 35.2 Å². The number of ether oxygens (including phenoxy) is 1. The summed E-state index contributed by atoms with van der Waals surface area (Å²) in [5.74, 6) is 0.387. The van der Waals surface area contributed by atoms with Gasteiger partial charge in [0.2, 0.25) is 5.95 Å². The van der Waals surface area contributed by atoms with Crippen LogP contribution in [0, 0.1) is 6.92 Å². The second-order valence-corrected chi connectivity index (χ2v) is 8.86. The van der Waals surface area contributed by atoms with E-state index in [1.165, 1.54) is 0 Å². The van der Waals surface area contributed by atoms with Gasteiger partial charge in [-0.3, -0.25) is 4.79 Å². The lowest BCUT2D eigenvalue weighted by Gasteiger charge is -2.12. The van der Waals surface area contributed by atoms with Crippen molar-refractivity contribution in [3.63, 3.8) is 0 Å². The minimum atomic E-state index is -3.14. The molecule has 0 radical (unpaired) electrons. The third-order valence-electron chi connectivity index (χ3n) is 4.03. The zero-order chi connectivity index (χ0) is 21.0. The Balaban J connectivity index is 1.78. The molecule has 0 saturated carbocycles. The van der Waals surface area contributed by atoms with Gasteiger partial charge in [0.15, 0.2) is 5.65 Å². The van der Waals surface area contributed by atoms with Crippen molar-refractivity contribution >= 4 is 33.0 Å². The summed E-state index contributed by atoms with van der Waals surface area (Å²) < 4.78 is 29.7. The number of nitrogens with zero attached hydrogens (tertiary/aromatic N) is 3. The highest BCUT2D eigenvalue weighted by Gasteiger charge is 2.13. The van der Waals surface area contributed by atoms with Gasteiger partial charge in [-0.05, 0) is 43.7 Å². The van der Waals surface area contributed by atoms with Crippen molar-refractivity contribution in [1.29, 1.82) is 0 Å². The highest BCUT2D eigenvalue weighted by Crippen LogP contribution is 2.28. The van der Waals surface area contributed by atoms with Gasteiger partial charge in [0.1, 0.15) is 15.6 Å². The van der Waals surface area contributed by atoms with Crippen molar-refractivity contribution < 1.29 is 17.9 Å². The first-order chi connectivity index (χ1) is 13.7. The Bertz CT molecular complexity index is 1140. The molecule has 0 aliphatic rings. The fourth-order valence-electron chi connectivity index (χ4n) is 2.65. The van der Waals surface area contributed by atoms with E-state index in [1.54, 1.807) is 22.7 Å². The number of anilines is 2. The highest BCUT2D eigenvalue weighted by molar-refractivity contribution is 7.90. The summed E-state index contributed by atoms with van der Waals surface area (Å²) in [4.78, 5) is 16.7. The zero-order valence-electron chi connectivity index (χ0n) is 16.5. The molecular formula is C19H23N5O4S. The SMILES string of the molecule is CCOc1cc(C(=O)NCCS(C)(=O)=O)ccc1Nc1nc2ccc(C)cn2n1. The number of pyridine rings is 1. The summed E-state index contributed by atoms with van der Waals surface area (Å²) in [5, 5.41) is 10.1. The number of sulfone groups is 1. The van der Waals surface area contributed by atoms with Crippen LogP contribution in [0.3, 0.4) is 0 Å². The molecule has 29 heavy (non-hydrogen) atoms. The standard InChI is InChI=1S/C19H23N5O4S/c1-4-28-16-11-14(18(25)20-9-10-29(3,26)27)6-7-15(16)21-19-22-17-8-5-13(2)12-24(17)23-19/h5-8,11-12H,4,9-10H2,1-3H3,(H,20,25)(H,21,23). The first-order valence-corrected chi connectivity index (χ1v) is 11.1. The van der Waals surface area contributed by atoms with Crippen molar-refractivity contribution in [2.24, 2.45) is 0 Å². The molecule has 0 saturated heterocycles. The van der Waals surface area contributed by atoms with Gasteiger partial charge < -0.3 is 15.4 Å². The maximum Gasteiger partial charge on any atom is 0.251 e. The number of nitrogens with one attached hydrogen (secondary N) is 2. The molecule has 154 valence electrons. The van der Waals surface area contributed by atoms with Crippen LogP contribution < -0.4 is 15.4 Å². The Kier molecular flexibility index (Phi) is 6.02. The van der Waals surface area contributed by atoms with Gasteiger partial charge in [-0.25, -0.2) is 12.9 Å². The molecule has 1 aromatic carbocycles. The smallest absolute Gasteiger partial charge is 0.251 e. The van der Waals surface area contributed by atoms with Gasteiger partial charge in [-0.15, -0.1) is 5.10 Å². The van der Waals surface area contributed by atoms with Crippen molar-refractivity contribution in [1.82, 2.24) is 19.9 Å². The van der Waals surface area contributed by atoms with Crippen molar-refractivity contribution in [3.8, 4) is 5.75 Å². The fourth-order valence-corrected chi connectivity index (χ4v) is 3.13. The number of hydrogen-bond donors (Lipinski definition) is 2. The van der Waals surface area contributed by atoms with Crippen LogP contribution >= 0.6 is 0 Å². The van der Waals surface area contributed by atoms with E-state index >= 15 is 0 Å². The first-order valence-electron chi connectivity index (χ1n) is 9.08. The quantitative estimate of drug-likeness (QED) is 0.576. The average molecular weight is 417 g/mol. The molecule has 1 amide bonds. The number of rotatable bonds is 8. The van der Waals surface area contributed by atoms with Crippen LogP contribution in [0.1, 0.15) is 22.8 Å². The summed E-state index contributed by atoms with van der Waals surface area (Å²) in [6.45, 7) is 4.27. The molecule has 3 aromatic rings. The molecule has 0 unspecified atom stereocenters. The molecular weight excluding hydrogens is 394 g/mol. The van der Waals surface area contributed by atoms with Crippen LogP contribution in [-0.2, 0) is 9.84 Å². The molecule has 3 rings (SSSR count). The van der Waals surface area contributed by atoms with Crippen LogP contribution in [0.4, 0.5) is 11.6 Å². The Morgan fingerprint density at radius 2 is 2.03 bits per heavy atom. The molecule has 0 spiro atoms. The van der Waals surface area contributed by atoms with E-state index in [2.05, 4.69) is 20.7 Å². The van der Waals surface area contributed by atoms with E-state index < -0.39 is 9.84 Å². The number of benzene rings is 1. The van der Waals surface area contributed by atoms with Crippen LogP contribution in [-0.4, -0.2) is 54.1 Å². The van der Waals surface area contributed by atoms with E-state index in [4.69, 9.17) is 4.74 Å². The van der Waals surface area contributed by atoms with Crippen LogP contribution in [0.25, 0.3) is 5.65 Å². The average Bonchev–Trinajstić information content (AvgIpc) is 3.03. The predicted molar refractivity (Wildman–Crippen MR) is 111 cm³/mol. The van der Waals surface area contributed by atoms with E-state index in [0.717, 1.165) is 11.8 Å². The number of carbonyl (C=O) groups is 1. The van der Waals surface area contributed by atoms with Crippen LogP contribution in [0.2, 0.25) is 0 Å². The maximum atomic E-state index is 12.3. The normalized spacial score (nSPS) is 11.4. The fraction of sp³-hybridized carbons (Fsp3) is 0.316. The summed E-state index contributed by atoms with van der Waals surface area (Å²) in [5.41, 5.74) is 2.76. The van der Waals surface area contributed by atoms with Gasteiger partial charge >= 0.3 is 0 Å². The Morgan fingerprint density at radius 1 is 1.24 bits per heavy atom. The van der Waals surface area contributed by atoms with Crippen LogP contribution in [0.15, 0.2) is 36.5 Å². The predicted octanol–water partition coefficient (Wildman–Crippen LogP) is 1.95. The molecule has 0 aliphatic heterocycles. The van der Waals surface area contributed by atoms with Gasteiger partial charge in [-0.1, -0.05) is 6.07 Å². The number of hydrogen-bond acceptors (Lipinski definition) is 7. The van der Waals surface area contributed by atoms with Crippen molar-refractivity contribution in [2.75, 3.05) is 30.5 Å². The molecule has 2 aromatic heterocycles. The third kappa shape index (κ3) is 5.44. The summed E-state index contributed by atoms with van der Waals surface area (Å²) >= 11 is 0. The Morgan fingerprint density at radius 3 is 2.76 bits per heavy atom. The second-order valence-electron chi connectivity index (χ2n) is 6.60. The molecule has 10 heteroatoms. The van der Waals surface area contributed by atoms with E-state index in [1.807, 2.05) is 32.2 Å². The van der Waals surface area contributed by atoms with Gasteiger partial charge in [0.25, 0.3) is 5.91 Å². The molecule has 2 heterocycles. The molecule has 2 N–H and O–H groups in total. The zero-order valence-corrected chi connectivity index (χ0v) is 17.3. The Hall–Kier alpha value is -3.14. The number of amides is 1. The monoisotopic (exact) mass is 417 g/mol. The maximum absolute atomic E-state index is 12.3. The third-order valence-corrected chi connectivity index (χ3v) is 4.97. The molecule has 0 aliphatic carbocycles. The second kappa shape index (κ2) is 8.48. The lowest BCUT2D eigenvalue weighted by atomic mass is 10.1. The number of aryl methyl sites for hydroxylation is 1. The highest BCUT2D eigenvalue weighted by atomic mass is 32.2. The number of carbonyl (C=O) groups excluding carboxylic acids is 1. The summed E-state index contributed by atoms with van der Waals surface area (Å²) in [6, 6.07) is 8.76. The number of fused-ring (bicyclic) bond motifs is 1. The minimum absolute atomic E-state index is 0.0478. The molecule has 9 nitrogen and oxygen atoms in total. The van der Waals surface area contributed by atoms with Crippen molar-refractivity contribution in [2.45, 2.75) is 13.8 Å².